The molecule has 1 aromatic carbocycles. The van der Waals surface area contributed by atoms with Crippen LogP contribution in [0.25, 0.3) is 0 Å². The molecule has 3 atom stereocenters. The Hall–Kier alpha value is -2.08. The number of benzene rings is 1. The van der Waals surface area contributed by atoms with Crippen LogP contribution in [0.5, 0.6) is 0 Å². The van der Waals surface area contributed by atoms with E-state index in [0.717, 1.165) is 58.1 Å². The van der Waals surface area contributed by atoms with Crippen molar-refractivity contribution in [2.75, 3.05) is 32.7 Å². The molecule has 3 N–H and O–H groups in total. The molecule has 0 bridgehead atoms. The molecule has 3 rings (SSSR count). The molecule has 6 nitrogen and oxygen atoms in total. The van der Waals surface area contributed by atoms with Crippen molar-refractivity contribution >= 4 is 11.9 Å². The van der Waals surface area contributed by atoms with E-state index in [0.29, 0.717) is 24.3 Å². The summed E-state index contributed by atoms with van der Waals surface area (Å²) < 4.78 is 0. The van der Waals surface area contributed by atoms with Crippen molar-refractivity contribution in [2.24, 2.45) is 22.6 Å². The van der Waals surface area contributed by atoms with Crippen LogP contribution in [0.2, 0.25) is 0 Å². The first-order valence-corrected chi connectivity index (χ1v) is 11.1. The highest BCUT2D eigenvalue weighted by molar-refractivity contribution is 5.80. The van der Waals surface area contributed by atoms with Crippen LogP contribution in [0.15, 0.2) is 35.3 Å². The minimum absolute atomic E-state index is 0.197. The number of hydrogen-bond donors (Lipinski definition) is 2. The van der Waals surface area contributed by atoms with Crippen molar-refractivity contribution < 1.29 is 4.79 Å². The third kappa shape index (κ3) is 6.46. The molecule has 2 aliphatic rings. The molecule has 2 saturated heterocycles. The third-order valence-electron chi connectivity index (χ3n) is 6.16. The Kier molecular flexibility index (Phi) is 7.92. The summed E-state index contributed by atoms with van der Waals surface area (Å²) in [5, 5.41) is 3.46. The molecule has 0 spiro atoms. The van der Waals surface area contributed by atoms with E-state index in [1.807, 2.05) is 0 Å². The number of amides is 1. The van der Waals surface area contributed by atoms with Crippen LogP contribution in [-0.4, -0.2) is 60.4 Å². The van der Waals surface area contributed by atoms with E-state index in [1.165, 1.54) is 12.0 Å². The fourth-order valence-electron chi connectivity index (χ4n) is 4.74. The van der Waals surface area contributed by atoms with Gasteiger partial charge in [-0.25, -0.2) is 0 Å². The molecule has 0 aromatic heterocycles. The number of likely N-dealkylation sites (tertiary alicyclic amines) is 2. The summed E-state index contributed by atoms with van der Waals surface area (Å²) in [7, 11) is 0. The van der Waals surface area contributed by atoms with Crippen LogP contribution in [0.3, 0.4) is 0 Å². The molecular formula is C23H37N5O. The average molecular weight is 400 g/mol. The number of hydrogen-bond acceptors (Lipinski definition) is 3. The Balaban J connectivity index is 1.56. The van der Waals surface area contributed by atoms with E-state index in [-0.39, 0.29) is 5.91 Å². The van der Waals surface area contributed by atoms with Crippen molar-refractivity contribution in [1.29, 1.82) is 0 Å². The predicted octanol–water partition coefficient (Wildman–Crippen LogP) is 2.45. The maximum Gasteiger partial charge on any atom is 0.217 e. The maximum absolute atomic E-state index is 11.3. The fourth-order valence-corrected chi connectivity index (χ4v) is 4.74. The summed E-state index contributed by atoms with van der Waals surface area (Å²) in [6.45, 7) is 10.1. The van der Waals surface area contributed by atoms with Crippen molar-refractivity contribution in [1.82, 2.24) is 15.1 Å². The van der Waals surface area contributed by atoms with Gasteiger partial charge >= 0.3 is 0 Å². The second-order valence-electron chi connectivity index (χ2n) is 8.69. The zero-order valence-electron chi connectivity index (χ0n) is 18.0. The molecule has 2 aliphatic heterocycles. The lowest BCUT2D eigenvalue weighted by atomic mass is 9.95. The van der Waals surface area contributed by atoms with E-state index in [4.69, 9.17) is 10.7 Å². The second kappa shape index (κ2) is 10.6. The quantitative estimate of drug-likeness (QED) is 0.546. The first kappa shape index (κ1) is 21.6. The van der Waals surface area contributed by atoms with E-state index in [1.54, 1.807) is 0 Å². The third-order valence-corrected chi connectivity index (χ3v) is 6.16. The molecule has 6 heteroatoms. The van der Waals surface area contributed by atoms with Crippen molar-refractivity contribution in [3.8, 4) is 0 Å². The van der Waals surface area contributed by atoms with Gasteiger partial charge in [0.05, 0.1) is 0 Å². The largest absolute Gasteiger partial charge is 0.370 e. The zero-order valence-corrected chi connectivity index (χ0v) is 18.0. The van der Waals surface area contributed by atoms with Crippen molar-refractivity contribution in [3.05, 3.63) is 35.9 Å². The summed E-state index contributed by atoms with van der Waals surface area (Å²) in [6.07, 6.45) is 3.84. The van der Waals surface area contributed by atoms with Crippen LogP contribution in [0.4, 0.5) is 0 Å². The van der Waals surface area contributed by atoms with Crippen LogP contribution in [-0.2, 0) is 11.3 Å². The normalized spacial score (nSPS) is 25.9. The Morgan fingerprint density at radius 1 is 1.24 bits per heavy atom. The van der Waals surface area contributed by atoms with Gasteiger partial charge in [-0.15, -0.1) is 0 Å². The highest BCUT2D eigenvalue weighted by Crippen LogP contribution is 2.25. The van der Waals surface area contributed by atoms with Crippen LogP contribution in [0.1, 0.15) is 45.1 Å². The van der Waals surface area contributed by atoms with Gasteiger partial charge in [0.15, 0.2) is 5.96 Å². The number of piperidine rings is 1. The van der Waals surface area contributed by atoms with E-state index in [2.05, 4.69) is 59.3 Å². The maximum atomic E-state index is 11.3. The second-order valence-corrected chi connectivity index (χ2v) is 8.69. The van der Waals surface area contributed by atoms with E-state index < -0.39 is 0 Å². The van der Waals surface area contributed by atoms with Gasteiger partial charge in [0, 0.05) is 51.7 Å². The molecule has 1 aromatic rings. The predicted molar refractivity (Wildman–Crippen MR) is 119 cm³/mol. The van der Waals surface area contributed by atoms with Crippen molar-refractivity contribution in [2.45, 2.75) is 52.1 Å². The van der Waals surface area contributed by atoms with E-state index >= 15 is 0 Å². The molecule has 0 saturated carbocycles. The van der Waals surface area contributed by atoms with Crippen LogP contribution < -0.4 is 11.1 Å². The fraction of sp³-hybridized carbons (Fsp3) is 0.652. The lowest BCUT2D eigenvalue weighted by Gasteiger charge is -2.34. The van der Waals surface area contributed by atoms with Gasteiger partial charge in [0.2, 0.25) is 5.91 Å². The van der Waals surface area contributed by atoms with Gasteiger partial charge in [-0.2, -0.15) is 0 Å². The highest BCUT2D eigenvalue weighted by Gasteiger charge is 2.29. The number of guanidine groups is 1. The molecule has 2 heterocycles. The topological polar surface area (TPSA) is 74.0 Å². The number of rotatable bonds is 7. The van der Waals surface area contributed by atoms with Gasteiger partial charge in [-0.3, -0.25) is 14.7 Å². The average Bonchev–Trinajstić information content (AvgIpc) is 3.05. The van der Waals surface area contributed by atoms with Gasteiger partial charge in [0.25, 0.3) is 0 Å². The monoisotopic (exact) mass is 399 g/mol. The van der Waals surface area contributed by atoms with Gasteiger partial charge in [0.1, 0.15) is 0 Å². The van der Waals surface area contributed by atoms with Gasteiger partial charge in [-0.05, 0) is 50.5 Å². The van der Waals surface area contributed by atoms with Crippen LogP contribution in [0, 0.1) is 11.8 Å². The standard InChI is InChI=1S/C23H37N5O/c1-3-25-23(27-11-7-10-20(16-27)13-22(24)29)26-14-21-12-18(2)28(17-21)15-19-8-5-4-6-9-19/h4-6,8-9,18,20-21H,3,7,10-17H2,1-2H3,(H2,24,29)(H,25,26). The Morgan fingerprint density at radius 3 is 2.76 bits per heavy atom. The minimum atomic E-state index is -0.197. The molecule has 3 unspecified atom stereocenters. The number of carbonyl (C=O) groups is 1. The number of nitrogens with two attached hydrogens (primary N) is 1. The summed E-state index contributed by atoms with van der Waals surface area (Å²) in [6, 6.07) is 11.3. The van der Waals surface area contributed by atoms with Gasteiger partial charge in [-0.1, -0.05) is 30.3 Å². The number of primary amides is 1. The van der Waals surface area contributed by atoms with Crippen LogP contribution >= 0.6 is 0 Å². The smallest absolute Gasteiger partial charge is 0.217 e. The number of aliphatic imine (C=N–C) groups is 1. The Morgan fingerprint density at radius 2 is 2.03 bits per heavy atom. The first-order chi connectivity index (χ1) is 14.0. The molecule has 0 aliphatic carbocycles. The molecule has 160 valence electrons. The van der Waals surface area contributed by atoms with Crippen molar-refractivity contribution in [3.63, 3.8) is 0 Å². The lowest BCUT2D eigenvalue weighted by Crippen LogP contribution is -2.47. The zero-order chi connectivity index (χ0) is 20.6. The summed E-state index contributed by atoms with van der Waals surface area (Å²) >= 11 is 0. The SMILES string of the molecule is CCNC(=NCC1CC(C)N(Cc2ccccc2)C1)N1CCCC(CC(N)=O)C1. The molecular weight excluding hydrogens is 362 g/mol. The molecule has 1 amide bonds. The summed E-state index contributed by atoms with van der Waals surface area (Å²) in [4.78, 5) is 21.2. The highest BCUT2D eigenvalue weighted by atomic mass is 16.1. The molecule has 29 heavy (non-hydrogen) atoms. The number of nitrogens with zero attached hydrogens (tertiary/aromatic N) is 3. The van der Waals surface area contributed by atoms with E-state index in [9.17, 15) is 4.79 Å². The number of carbonyl (C=O) groups excluding carboxylic acids is 1. The summed E-state index contributed by atoms with van der Waals surface area (Å²) in [5.41, 5.74) is 6.80. The summed E-state index contributed by atoms with van der Waals surface area (Å²) in [5.74, 6) is 1.74. The molecule has 2 fully saturated rings. The Bertz CT molecular complexity index is 677. The van der Waals surface area contributed by atoms with Gasteiger partial charge < -0.3 is 16.0 Å². The molecule has 0 radical (unpaired) electrons. The lowest BCUT2D eigenvalue weighted by molar-refractivity contribution is -0.119. The Labute approximate surface area is 175 Å². The number of nitrogens with one attached hydrogen (secondary N) is 1. The minimum Gasteiger partial charge on any atom is -0.370 e. The first-order valence-electron chi connectivity index (χ1n) is 11.1.